The van der Waals surface area contributed by atoms with E-state index in [1.807, 2.05) is 6.92 Å². The van der Waals surface area contributed by atoms with Crippen LogP contribution in [0.2, 0.25) is 0 Å². The highest BCUT2D eigenvalue weighted by Gasteiger charge is 2.28. The Hall–Kier alpha value is -0.870. The normalized spacial score (nSPS) is 26.1. The van der Waals surface area contributed by atoms with E-state index in [1.165, 1.54) is 0 Å². The molecule has 0 N–H and O–H groups in total. The van der Waals surface area contributed by atoms with E-state index in [0.29, 0.717) is 12.2 Å². The smallest absolute Gasteiger partial charge is 0.335 e. The van der Waals surface area contributed by atoms with Gasteiger partial charge in [0.25, 0.3) is 0 Å². The quantitative estimate of drug-likeness (QED) is 0.511. The van der Waals surface area contributed by atoms with Gasteiger partial charge in [0, 0.05) is 5.57 Å². The van der Waals surface area contributed by atoms with Gasteiger partial charge < -0.3 is 14.2 Å². The molecule has 0 saturated carbocycles. The summed E-state index contributed by atoms with van der Waals surface area (Å²) >= 11 is 0. The molecule has 0 bridgehead atoms. The van der Waals surface area contributed by atoms with Gasteiger partial charge in [-0.2, -0.15) is 0 Å². The van der Waals surface area contributed by atoms with Crippen molar-refractivity contribution in [1.29, 1.82) is 0 Å². The maximum Gasteiger partial charge on any atom is 0.335 e. The van der Waals surface area contributed by atoms with Crippen molar-refractivity contribution >= 4 is 5.97 Å². The lowest BCUT2D eigenvalue weighted by molar-refractivity contribution is -0.172. The summed E-state index contributed by atoms with van der Waals surface area (Å²) in [6, 6.07) is 0. The van der Waals surface area contributed by atoms with Crippen LogP contribution in [-0.2, 0) is 19.0 Å². The molecule has 1 aliphatic rings. The molecule has 4 heteroatoms. The van der Waals surface area contributed by atoms with Gasteiger partial charge in [0.2, 0.25) is 6.29 Å². The summed E-state index contributed by atoms with van der Waals surface area (Å²) in [6.45, 7) is 7.43. The molecule has 80 valence electrons. The van der Waals surface area contributed by atoms with Crippen molar-refractivity contribution in [3.63, 3.8) is 0 Å². The Morgan fingerprint density at radius 3 is 2.93 bits per heavy atom. The lowest BCUT2D eigenvalue weighted by Gasteiger charge is -2.11. The highest BCUT2D eigenvalue weighted by Crippen LogP contribution is 2.17. The molecular weight excluding hydrogens is 184 g/mol. The molecule has 14 heavy (non-hydrogen) atoms. The maximum absolute atomic E-state index is 11.1. The minimum atomic E-state index is -0.573. The van der Waals surface area contributed by atoms with E-state index in [0.717, 1.165) is 12.8 Å². The van der Waals surface area contributed by atoms with Gasteiger partial charge >= 0.3 is 5.97 Å². The molecule has 1 aliphatic heterocycles. The Morgan fingerprint density at radius 2 is 2.36 bits per heavy atom. The fourth-order valence-corrected chi connectivity index (χ4v) is 1.10. The van der Waals surface area contributed by atoms with E-state index in [1.54, 1.807) is 6.92 Å². The Kier molecular flexibility index (Phi) is 4.10. The van der Waals surface area contributed by atoms with E-state index in [4.69, 9.17) is 14.2 Å². The van der Waals surface area contributed by atoms with Crippen molar-refractivity contribution < 1.29 is 19.0 Å². The summed E-state index contributed by atoms with van der Waals surface area (Å²) in [5, 5.41) is 0. The number of hydrogen-bond donors (Lipinski definition) is 0. The Balaban J connectivity index is 2.28. The van der Waals surface area contributed by atoms with Crippen LogP contribution in [0.4, 0.5) is 0 Å². The standard InChI is InChI=1S/C10H16O4/c1-4-5-8-12-6-9(13-8)14-10(11)7(2)3/h8-9H,2,4-6H2,1,3H3. The zero-order valence-corrected chi connectivity index (χ0v) is 8.62. The number of carbonyl (C=O) groups is 1. The fourth-order valence-electron chi connectivity index (χ4n) is 1.10. The first-order chi connectivity index (χ1) is 6.63. The van der Waals surface area contributed by atoms with Gasteiger partial charge in [-0.15, -0.1) is 0 Å². The molecule has 2 unspecified atom stereocenters. The minimum Gasteiger partial charge on any atom is -0.430 e. The third-order valence-corrected chi connectivity index (χ3v) is 1.83. The van der Waals surface area contributed by atoms with Crippen molar-refractivity contribution in [1.82, 2.24) is 0 Å². The fraction of sp³-hybridized carbons (Fsp3) is 0.700. The number of carbonyl (C=O) groups excluding carboxylic acids is 1. The van der Waals surface area contributed by atoms with Crippen LogP contribution in [0, 0.1) is 0 Å². The van der Waals surface area contributed by atoms with Gasteiger partial charge in [-0.05, 0) is 13.3 Å². The molecule has 0 aromatic carbocycles. The van der Waals surface area contributed by atoms with Gasteiger partial charge in [0.15, 0.2) is 6.29 Å². The average Bonchev–Trinajstić information content (AvgIpc) is 2.53. The predicted molar refractivity (Wildman–Crippen MR) is 50.4 cm³/mol. The highest BCUT2D eigenvalue weighted by atomic mass is 16.8. The van der Waals surface area contributed by atoms with Crippen molar-refractivity contribution in [2.24, 2.45) is 0 Å². The molecule has 4 nitrogen and oxygen atoms in total. The average molecular weight is 200 g/mol. The summed E-state index contributed by atoms with van der Waals surface area (Å²) in [5.41, 5.74) is 0.368. The molecule has 1 heterocycles. The number of esters is 1. The molecule has 1 saturated heterocycles. The summed E-state index contributed by atoms with van der Waals surface area (Å²) in [6.07, 6.45) is 0.992. The third-order valence-electron chi connectivity index (χ3n) is 1.83. The van der Waals surface area contributed by atoms with Crippen LogP contribution >= 0.6 is 0 Å². The van der Waals surface area contributed by atoms with Gasteiger partial charge in [-0.3, -0.25) is 0 Å². The number of hydrogen-bond acceptors (Lipinski definition) is 4. The molecule has 2 atom stereocenters. The number of rotatable bonds is 4. The molecule has 0 aromatic rings. The zero-order valence-electron chi connectivity index (χ0n) is 8.62. The van der Waals surface area contributed by atoms with Crippen molar-refractivity contribution in [2.45, 2.75) is 39.3 Å². The first-order valence-electron chi connectivity index (χ1n) is 4.77. The van der Waals surface area contributed by atoms with Gasteiger partial charge in [-0.25, -0.2) is 4.79 Å². The Morgan fingerprint density at radius 1 is 1.64 bits per heavy atom. The van der Waals surface area contributed by atoms with E-state index in [9.17, 15) is 4.79 Å². The van der Waals surface area contributed by atoms with E-state index < -0.39 is 12.3 Å². The molecule has 0 spiro atoms. The van der Waals surface area contributed by atoms with Crippen LogP contribution in [0.1, 0.15) is 26.7 Å². The van der Waals surface area contributed by atoms with Crippen LogP contribution < -0.4 is 0 Å². The predicted octanol–water partition coefficient (Wildman–Crippen LogP) is 1.60. The summed E-state index contributed by atoms with van der Waals surface area (Å²) < 4.78 is 15.5. The van der Waals surface area contributed by atoms with Crippen LogP contribution in [0.5, 0.6) is 0 Å². The minimum absolute atomic E-state index is 0.233. The molecule has 0 radical (unpaired) electrons. The molecule has 0 amide bonds. The highest BCUT2D eigenvalue weighted by molar-refractivity contribution is 5.87. The summed E-state index contributed by atoms with van der Waals surface area (Å²) in [7, 11) is 0. The molecule has 1 fully saturated rings. The third kappa shape index (κ3) is 3.12. The molecule has 0 aromatic heterocycles. The largest absolute Gasteiger partial charge is 0.430 e. The second-order valence-electron chi connectivity index (χ2n) is 3.30. The van der Waals surface area contributed by atoms with E-state index in [-0.39, 0.29) is 6.29 Å². The topological polar surface area (TPSA) is 44.8 Å². The second kappa shape index (κ2) is 5.12. The van der Waals surface area contributed by atoms with Gasteiger partial charge in [0.05, 0.1) is 0 Å². The van der Waals surface area contributed by atoms with Crippen molar-refractivity contribution in [2.75, 3.05) is 6.61 Å². The first-order valence-corrected chi connectivity index (χ1v) is 4.77. The second-order valence-corrected chi connectivity index (χ2v) is 3.30. The van der Waals surface area contributed by atoms with E-state index in [2.05, 4.69) is 6.58 Å². The van der Waals surface area contributed by atoms with Crippen LogP contribution in [-0.4, -0.2) is 25.2 Å². The monoisotopic (exact) mass is 200 g/mol. The number of ether oxygens (including phenoxy) is 3. The van der Waals surface area contributed by atoms with Gasteiger partial charge in [-0.1, -0.05) is 19.9 Å². The van der Waals surface area contributed by atoms with Crippen LogP contribution in [0.25, 0.3) is 0 Å². The molecule has 1 rings (SSSR count). The summed E-state index contributed by atoms with van der Waals surface area (Å²) in [5.74, 6) is -0.434. The Bertz CT molecular complexity index is 224. The van der Waals surface area contributed by atoms with E-state index >= 15 is 0 Å². The SMILES string of the molecule is C=C(C)C(=O)OC1COC(CCC)O1. The van der Waals surface area contributed by atoms with Crippen molar-refractivity contribution in [3.8, 4) is 0 Å². The lowest BCUT2D eigenvalue weighted by atomic mass is 10.3. The van der Waals surface area contributed by atoms with Crippen LogP contribution in [0.15, 0.2) is 12.2 Å². The Labute approximate surface area is 83.8 Å². The molecule has 0 aliphatic carbocycles. The van der Waals surface area contributed by atoms with Crippen molar-refractivity contribution in [3.05, 3.63) is 12.2 Å². The zero-order chi connectivity index (χ0) is 10.6. The lowest BCUT2D eigenvalue weighted by Crippen LogP contribution is -2.21. The molecular formula is C10H16O4. The van der Waals surface area contributed by atoms with Gasteiger partial charge in [0.1, 0.15) is 6.61 Å². The maximum atomic E-state index is 11.1. The summed E-state index contributed by atoms with van der Waals surface area (Å²) in [4.78, 5) is 11.1. The first kappa shape index (κ1) is 11.2. The van der Waals surface area contributed by atoms with Crippen LogP contribution in [0.3, 0.4) is 0 Å².